The third-order valence-electron chi connectivity index (χ3n) is 5.27. The number of halogens is 2. The molecule has 0 saturated carbocycles. The zero-order chi connectivity index (χ0) is 20.4. The summed E-state index contributed by atoms with van der Waals surface area (Å²) in [5.74, 6) is 0.723. The molecule has 2 heterocycles. The molecule has 1 aliphatic rings. The van der Waals surface area contributed by atoms with Crippen LogP contribution in [-0.2, 0) is 6.54 Å². The third-order valence-corrected chi connectivity index (χ3v) is 6.01. The number of hydrogen-bond acceptors (Lipinski definition) is 4. The van der Waals surface area contributed by atoms with Crippen LogP contribution >= 0.6 is 23.2 Å². The van der Waals surface area contributed by atoms with Gasteiger partial charge in [-0.3, -0.25) is 14.6 Å². The first-order valence-electron chi connectivity index (χ1n) is 9.69. The number of hydrogen-bond donors (Lipinski definition) is 2. The fraction of sp³-hybridized carbons (Fsp3) is 0.381. The van der Waals surface area contributed by atoms with Crippen molar-refractivity contribution in [2.45, 2.75) is 31.6 Å². The van der Waals surface area contributed by atoms with Crippen LogP contribution in [0.25, 0.3) is 10.9 Å². The Morgan fingerprint density at radius 2 is 1.86 bits per heavy atom. The average Bonchev–Trinajstić information content (AvgIpc) is 3.02. The van der Waals surface area contributed by atoms with E-state index in [0.717, 1.165) is 37.2 Å². The molecule has 29 heavy (non-hydrogen) atoms. The topological polar surface area (TPSA) is 70.5 Å². The molecule has 0 aliphatic carbocycles. The minimum atomic E-state index is -0.575. The normalized spacial score (nSPS) is 16.9. The molecule has 3 aromatic rings. The number of aliphatic hydroxyl groups excluding tert-OH is 1. The van der Waals surface area contributed by atoms with E-state index in [9.17, 15) is 9.90 Å². The lowest BCUT2D eigenvalue weighted by Crippen LogP contribution is -2.42. The van der Waals surface area contributed by atoms with Gasteiger partial charge in [0, 0.05) is 25.7 Å². The number of H-pyrrole nitrogens is 1. The molecule has 0 unspecified atom stereocenters. The molecular formula is C21H23Cl2N3O3. The van der Waals surface area contributed by atoms with Gasteiger partial charge < -0.3 is 14.7 Å². The zero-order valence-corrected chi connectivity index (χ0v) is 17.4. The van der Waals surface area contributed by atoms with Gasteiger partial charge in [-0.2, -0.15) is 0 Å². The molecule has 1 saturated heterocycles. The van der Waals surface area contributed by atoms with Crippen molar-refractivity contribution >= 4 is 34.1 Å². The minimum Gasteiger partial charge on any atom is -0.490 e. The Balaban J connectivity index is 1.29. The Hall–Kier alpha value is -1.99. The van der Waals surface area contributed by atoms with E-state index in [4.69, 9.17) is 27.9 Å². The van der Waals surface area contributed by atoms with E-state index in [-0.39, 0.29) is 11.7 Å². The van der Waals surface area contributed by atoms with E-state index in [1.54, 1.807) is 22.9 Å². The molecule has 2 aromatic carbocycles. The quantitative estimate of drug-likeness (QED) is 0.620. The van der Waals surface area contributed by atoms with Crippen molar-refractivity contribution in [2.75, 3.05) is 19.6 Å². The molecule has 8 heteroatoms. The van der Waals surface area contributed by atoms with Crippen molar-refractivity contribution in [3.05, 3.63) is 62.9 Å². The molecule has 154 valence electrons. The van der Waals surface area contributed by atoms with Gasteiger partial charge in [-0.1, -0.05) is 35.3 Å². The SMILES string of the molecule is O=c1[nH]n(C[C@H](O)CN2CCC(Oc3ccc(Cl)c(Cl)c3)CC2)c2ccccc12. The molecule has 1 fully saturated rings. The fourth-order valence-electron chi connectivity index (χ4n) is 3.81. The van der Waals surface area contributed by atoms with E-state index < -0.39 is 6.10 Å². The lowest BCUT2D eigenvalue weighted by molar-refractivity contribution is 0.0539. The number of β-amino-alcohol motifs (C(OH)–C–C–N with tert-alkyl or cyclic N) is 1. The number of piperidine rings is 1. The number of nitrogens with one attached hydrogen (secondary N) is 1. The van der Waals surface area contributed by atoms with Crippen molar-refractivity contribution in [3.63, 3.8) is 0 Å². The Morgan fingerprint density at radius 1 is 1.10 bits per heavy atom. The first kappa shape index (κ1) is 20.3. The van der Waals surface area contributed by atoms with Crippen LogP contribution in [0.15, 0.2) is 47.3 Å². The molecule has 6 nitrogen and oxygen atoms in total. The van der Waals surface area contributed by atoms with Crippen molar-refractivity contribution in [1.29, 1.82) is 0 Å². The molecule has 0 bridgehead atoms. The highest BCUT2D eigenvalue weighted by Crippen LogP contribution is 2.28. The number of benzene rings is 2. The van der Waals surface area contributed by atoms with Gasteiger partial charge in [0.2, 0.25) is 0 Å². The van der Waals surface area contributed by atoms with Crippen molar-refractivity contribution in [2.24, 2.45) is 0 Å². The van der Waals surface area contributed by atoms with E-state index >= 15 is 0 Å². The average molecular weight is 436 g/mol. The third kappa shape index (κ3) is 4.78. The molecule has 0 radical (unpaired) electrons. The zero-order valence-electron chi connectivity index (χ0n) is 15.9. The molecule has 1 atom stereocenters. The summed E-state index contributed by atoms with van der Waals surface area (Å²) in [4.78, 5) is 14.2. The van der Waals surface area contributed by atoms with Crippen LogP contribution in [0.2, 0.25) is 10.0 Å². The van der Waals surface area contributed by atoms with E-state index in [1.165, 1.54) is 0 Å². The van der Waals surface area contributed by atoms with Crippen molar-refractivity contribution in [3.8, 4) is 5.75 Å². The number of fused-ring (bicyclic) bond motifs is 1. The van der Waals surface area contributed by atoms with Crippen LogP contribution in [-0.4, -0.2) is 51.6 Å². The van der Waals surface area contributed by atoms with Crippen LogP contribution in [0.4, 0.5) is 0 Å². The van der Waals surface area contributed by atoms with Crippen molar-refractivity contribution in [1.82, 2.24) is 14.7 Å². The second-order valence-electron chi connectivity index (χ2n) is 7.42. The molecule has 0 spiro atoms. The lowest BCUT2D eigenvalue weighted by Gasteiger charge is -2.33. The summed E-state index contributed by atoms with van der Waals surface area (Å²) in [7, 11) is 0. The van der Waals surface area contributed by atoms with Crippen LogP contribution in [0.3, 0.4) is 0 Å². The van der Waals surface area contributed by atoms with Gasteiger partial charge in [0.05, 0.1) is 33.6 Å². The summed E-state index contributed by atoms with van der Waals surface area (Å²) in [6, 6.07) is 12.7. The van der Waals surface area contributed by atoms with Gasteiger partial charge in [0.25, 0.3) is 5.56 Å². The van der Waals surface area contributed by atoms with Gasteiger partial charge in [0.1, 0.15) is 11.9 Å². The molecule has 4 rings (SSSR count). The number of likely N-dealkylation sites (tertiary alicyclic amines) is 1. The first-order chi connectivity index (χ1) is 14.0. The highest BCUT2D eigenvalue weighted by atomic mass is 35.5. The summed E-state index contributed by atoms with van der Waals surface area (Å²) in [6.45, 7) is 2.58. The smallest absolute Gasteiger partial charge is 0.271 e. The predicted octanol–water partition coefficient (Wildman–Crippen LogP) is 3.54. The number of aromatic amines is 1. The summed E-state index contributed by atoms with van der Waals surface area (Å²) < 4.78 is 7.74. The summed E-state index contributed by atoms with van der Waals surface area (Å²) in [6.07, 6.45) is 1.28. The summed E-state index contributed by atoms with van der Waals surface area (Å²) in [5, 5.41) is 15.0. The maximum atomic E-state index is 12.0. The van der Waals surface area contributed by atoms with Crippen LogP contribution < -0.4 is 10.3 Å². The van der Waals surface area contributed by atoms with Gasteiger partial charge in [-0.05, 0) is 37.1 Å². The molecule has 2 N–H and O–H groups in total. The number of aliphatic hydroxyl groups is 1. The maximum absolute atomic E-state index is 12.0. The van der Waals surface area contributed by atoms with Gasteiger partial charge in [0.15, 0.2) is 0 Å². The van der Waals surface area contributed by atoms with Crippen molar-refractivity contribution < 1.29 is 9.84 Å². The van der Waals surface area contributed by atoms with Crippen LogP contribution in [0.5, 0.6) is 5.75 Å². The number of nitrogens with zero attached hydrogens (tertiary/aromatic N) is 2. The molecular weight excluding hydrogens is 413 g/mol. The van der Waals surface area contributed by atoms with Gasteiger partial charge in [-0.25, -0.2) is 0 Å². The maximum Gasteiger partial charge on any atom is 0.271 e. The second kappa shape index (κ2) is 8.79. The first-order valence-corrected chi connectivity index (χ1v) is 10.4. The molecule has 1 aliphatic heterocycles. The van der Waals surface area contributed by atoms with Crippen LogP contribution in [0, 0.1) is 0 Å². The Labute approximate surface area is 178 Å². The molecule has 1 aromatic heterocycles. The number of ether oxygens (including phenoxy) is 1. The predicted molar refractivity (Wildman–Crippen MR) is 115 cm³/mol. The Bertz CT molecular complexity index is 1040. The lowest BCUT2D eigenvalue weighted by atomic mass is 10.1. The molecule has 0 amide bonds. The summed E-state index contributed by atoms with van der Waals surface area (Å²) >= 11 is 12.0. The number of aromatic nitrogens is 2. The van der Waals surface area contributed by atoms with Gasteiger partial charge >= 0.3 is 0 Å². The number of rotatable bonds is 6. The Kier molecular flexibility index (Phi) is 6.15. The van der Waals surface area contributed by atoms with E-state index in [0.29, 0.717) is 28.5 Å². The highest BCUT2D eigenvalue weighted by Gasteiger charge is 2.23. The number of para-hydroxylation sites is 1. The minimum absolute atomic E-state index is 0.116. The fourth-order valence-corrected chi connectivity index (χ4v) is 4.09. The van der Waals surface area contributed by atoms with E-state index in [1.807, 2.05) is 24.3 Å². The summed E-state index contributed by atoms with van der Waals surface area (Å²) in [5.41, 5.74) is 0.679. The Morgan fingerprint density at radius 3 is 2.62 bits per heavy atom. The van der Waals surface area contributed by atoms with Gasteiger partial charge in [-0.15, -0.1) is 0 Å². The second-order valence-corrected chi connectivity index (χ2v) is 8.23. The largest absolute Gasteiger partial charge is 0.490 e. The van der Waals surface area contributed by atoms with Crippen LogP contribution in [0.1, 0.15) is 12.8 Å². The van der Waals surface area contributed by atoms with E-state index in [2.05, 4.69) is 10.00 Å². The highest BCUT2D eigenvalue weighted by molar-refractivity contribution is 6.42. The standard InChI is InChI=1S/C21H23Cl2N3O3/c22-18-6-5-16(11-19(18)23)29-15-7-9-25(10-8-15)12-14(27)13-26-20-4-2-1-3-17(20)21(28)24-26/h1-6,11,14-15,27H,7-10,12-13H2,(H,24,28)/t14-/m1/s1. The monoisotopic (exact) mass is 435 g/mol.